The van der Waals surface area contributed by atoms with Gasteiger partial charge >= 0.3 is 6.03 Å². The van der Waals surface area contributed by atoms with Crippen LogP contribution >= 0.6 is 0 Å². The van der Waals surface area contributed by atoms with E-state index in [0.29, 0.717) is 25.7 Å². The number of anilines is 1. The van der Waals surface area contributed by atoms with Gasteiger partial charge in [-0.3, -0.25) is 0 Å². The van der Waals surface area contributed by atoms with Crippen LogP contribution in [0.2, 0.25) is 0 Å². The lowest BCUT2D eigenvalue weighted by atomic mass is 10.2. The van der Waals surface area contributed by atoms with Crippen LogP contribution in [0.4, 0.5) is 10.5 Å². The van der Waals surface area contributed by atoms with Gasteiger partial charge in [0.1, 0.15) is 5.75 Å². The summed E-state index contributed by atoms with van der Waals surface area (Å²) in [5.41, 5.74) is 0.745. The van der Waals surface area contributed by atoms with E-state index in [2.05, 4.69) is 12.2 Å². The molecule has 1 heterocycles. The van der Waals surface area contributed by atoms with E-state index in [1.54, 1.807) is 0 Å². The number of hydrogen-bond donors (Lipinski definition) is 1. The van der Waals surface area contributed by atoms with Crippen molar-refractivity contribution in [1.82, 2.24) is 4.90 Å². The monoisotopic (exact) mass is 304 g/mol. The number of para-hydroxylation sites is 2. The smallest absolute Gasteiger partial charge is 0.322 e. The summed E-state index contributed by atoms with van der Waals surface area (Å²) >= 11 is 0. The standard InChI is InChI=1S/C17H24N2O3/c1-2-14-12-21-10-9-19(14)17(20)18-15-5-3-4-6-16(15)22-11-13-7-8-13/h3-6,13-14H,2,7-12H2,1H3,(H,18,20)/t14-/m0/s1. The van der Waals surface area contributed by atoms with Gasteiger partial charge in [0, 0.05) is 6.54 Å². The summed E-state index contributed by atoms with van der Waals surface area (Å²) in [5.74, 6) is 1.44. The SMILES string of the molecule is CC[C@H]1COCCN1C(=O)Nc1ccccc1OCC1CC1. The second-order valence-corrected chi connectivity index (χ2v) is 6.01. The molecule has 1 aromatic carbocycles. The molecule has 1 saturated heterocycles. The molecule has 2 aliphatic rings. The number of carbonyl (C=O) groups is 1. The van der Waals surface area contributed by atoms with Crippen molar-refractivity contribution in [3.8, 4) is 5.75 Å². The Kier molecular flexibility index (Phi) is 4.83. The summed E-state index contributed by atoms with van der Waals surface area (Å²) in [6.07, 6.45) is 3.40. The average Bonchev–Trinajstić information content (AvgIpc) is 3.38. The molecule has 0 radical (unpaired) electrons. The molecule has 0 spiro atoms. The van der Waals surface area contributed by atoms with Crippen LogP contribution in [0.1, 0.15) is 26.2 Å². The Labute approximate surface area is 131 Å². The zero-order valence-electron chi connectivity index (χ0n) is 13.1. The Morgan fingerprint density at radius 1 is 1.41 bits per heavy atom. The van der Waals surface area contributed by atoms with Gasteiger partial charge in [-0.15, -0.1) is 0 Å². The molecule has 0 aromatic heterocycles. The number of nitrogens with one attached hydrogen (secondary N) is 1. The zero-order valence-corrected chi connectivity index (χ0v) is 13.1. The summed E-state index contributed by atoms with van der Waals surface area (Å²) in [7, 11) is 0. The molecule has 1 aliphatic heterocycles. The third kappa shape index (κ3) is 3.71. The van der Waals surface area contributed by atoms with E-state index in [1.807, 2.05) is 29.2 Å². The molecule has 1 aromatic rings. The van der Waals surface area contributed by atoms with Crippen LogP contribution < -0.4 is 10.1 Å². The Morgan fingerprint density at radius 2 is 2.23 bits per heavy atom. The molecule has 1 aliphatic carbocycles. The van der Waals surface area contributed by atoms with E-state index in [1.165, 1.54) is 12.8 Å². The molecule has 5 nitrogen and oxygen atoms in total. The van der Waals surface area contributed by atoms with Crippen LogP contribution in [0.15, 0.2) is 24.3 Å². The van der Waals surface area contributed by atoms with Crippen molar-refractivity contribution in [3.63, 3.8) is 0 Å². The summed E-state index contributed by atoms with van der Waals surface area (Å²) in [6.45, 7) is 4.66. The molecule has 1 N–H and O–H groups in total. The Hall–Kier alpha value is -1.75. The maximum absolute atomic E-state index is 12.5. The third-order valence-electron chi connectivity index (χ3n) is 4.26. The number of urea groups is 1. The van der Waals surface area contributed by atoms with E-state index in [0.717, 1.165) is 24.5 Å². The van der Waals surface area contributed by atoms with Gasteiger partial charge in [0.2, 0.25) is 0 Å². The van der Waals surface area contributed by atoms with Crippen molar-refractivity contribution in [2.75, 3.05) is 31.7 Å². The van der Waals surface area contributed by atoms with Gasteiger partial charge in [0.25, 0.3) is 0 Å². The van der Waals surface area contributed by atoms with Crippen molar-refractivity contribution in [3.05, 3.63) is 24.3 Å². The Bertz CT molecular complexity index is 516. The maximum atomic E-state index is 12.5. The van der Waals surface area contributed by atoms with Crippen molar-refractivity contribution < 1.29 is 14.3 Å². The van der Waals surface area contributed by atoms with E-state index < -0.39 is 0 Å². The molecule has 2 amide bonds. The first-order valence-electron chi connectivity index (χ1n) is 8.15. The van der Waals surface area contributed by atoms with Gasteiger partial charge in [-0.1, -0.05) is 19.1 Å². The van der Waals surface area contributed by atoms with Gasteiger partial charge in [-0.25, -0.2) is 4.79 Å². The number of hydrogen-bond acceptors (Lipinski definition) is 3. The van der Waals surface area contributed by atoms with Crippen molar-refractivity contribution in [2.24, 2.45) is 5.92 Å². The second kappa shape index (κ2) is 7.01. The molecule has 1 atom stereocenters. The fraction of sp³-hybridized carbons (Fsp3) is 0.588. The van der Waals surface area contributed by atoms with Gasteiger partial charge in [0.15, 0.2) is 0 Å². The number of rotatable bonds is 5. The quantitative estimate of drug-likeness (QED) is 0.909. The minimum atomic E-state index is -0.0716. The Balaban J connectivity index is 1.64. The number of benzene rings is 1. The Morgan fingerprint density at radius 3 is 3.00 bits per heavy atom. The number of morpholine rings is 1. The summed E-state index contributed by atoms with van der Waals surface area (Å²) in [4.78, 5) is 14.4. The molecule has 5 heteroatoms. The maximum Gasteiger partial charge on any atom is 0.322 e. The molecule has 2 fully saturated rings. The number of nitrogens with zero attached hydrogens (tertiary/aromatic N) is 1. The van der Waals surface area contributed by atoms with Crippen LogP contribution in [0, 0.1) is 5.92 Å². The largest absolute Gasteiger partial charge is 0.491 e. The molecule has 0 bridgehead atoms. The minimum Gasteiger partial charge on any atom is -0.491 e. The average molecular weight is 304 g/mol. The van der Waals surface area contributed by atoms with E-state index >= 15 is 0 Å². The zero-order chi connectivity index (χ0) is 15.4. The predicted molar refractivity (Wildman–Crippen MR) is 85.3 cm³/mol. The van der Waals surface area contributed by atoms with Gasteiger partial charge in [-0.05, 0) is 37.3 Å². The third-order valence-corrected chi connectivity index (χ3v) is 4.26. The van der Waals surface area contributed by atoms with Crippen LogP contribution in [0.25, 0.3) is 0 Å². The first-order valence-corrected chi connectivity index (χ1v) is 8.15. The lowest BCUT2D eigenvalue weighted by molar-refractivity contribution is 0.0143. The number of carbonyl (C=O) groups excluding carboxylic acids is 1. The fourth-order valence-corrected chi connectivity index (χ4v) is 2.64. The highest BCUT2D eigenvalue weighted by atomic mass is 16.5. The molecule has 0 unspecified atom stereocenters. The minimum absolute atomic E-state index is 0.0716. The van der Waals surface area contributed by atoms with E-state index in [4.69, 9.17) is 9.47 Å². The van der Waals surface area contributed by atoms with Crippen LogP contribution in [0.5, 0.6) is 5.75 Å². The van der Waals surface area contributed by atoms with E-state index in [9.17, 15) is 4.79 Å². The van der Waals surface area contributed by atoms with Crippen LogP contribution in [-0.4, -0.2) is 43.3 Å². The molecule has 22 heavy (non-hydrogen) atoms. The highest BCUT2D eigenvalue weighted by Gasteiger charge is 2.27. The van der Waals surface area contributed by atoms with Gasteiger partial charge in [-0.2, -0.15) is 0 Å². The van der Waals surface area contributed by atoms with Crippen molar-refractivity contribution >= 4 is 11.7 Å². The topological polar surface area (TPSA) is 50.8 Å². The predicted octanol–water partition coefficient (Wildman–Crippen LogP) is 3.12. The highest BCUT2D eigenvalue weighted by Crippen LogP contribution is 2.31. The van der Waals surface area contributed by atoms with Crippen LogP contribution in [0.3, 0.4) is 0 Å². The molecule has 1 saturated carbocycles. The normalized spacial score (nSPS) is 21.5. The summed E-state index contributed by atoms with van der Waals surface area (Å²) < 4.78 is 11.3. The van der Waals surface area contributed by atoms with E-state index in [-0.39, 0.29) is 12.1 Å². The summed E-state index contributed by atoms with van der Waals surface area (Å²) in [5, 5.41) is 3.00. The van der Waals surface area contributed by atoms with Crippen molar-refractivity contribution in [1.29, 1.82) is 0 Å². The van der Waals surface area contributed by atoms with Crippen molar-refractivity contribution in [2.45, 2.75) is 32.2 Å². The second-order valence-electron chi connectivity index (χ2n) is 6.01. The summed E-state index contributed by atoms with van der Waals surface area (Å²) in [6, 6.07) is 7.72. The van der Waals surface area contributed by atoms with Crippen LogP contribution in [-0.2, 0) is 4.74 Å². The first-order chi connectivity index (χ1) is 10.8. The molecular weight excluding hydrogens is 280 g/mol. The van der Waals surface area contributed by atoms with Gasteiger partial charge < -0.3 is 19.7 Å². The number of amides is 2. The van der Waals surface area contributed by atoms with Gasteiger partial charge in [0.05, 0.1) is 31.5 Å². The lowest BCUT2D eigenvalue weighted by Crippen LogP contribution is -2.50. The molecule has 3 rings (SSSR count). The lowest BCUT2D eigenvalue weighted by Gasteiger charge is -2.35. The highest BCUT2D eigenvalue weighted by molar-refractivity contribution is 5.91. The number of ether oxygens (including phenoxy) is 2. The molecule has 120 valence electrons. The first kappa shape index (κ1) is 15.2. The fourth-order valence-electron chi connectivity index (χ4n) is 2.64. The molecular formula is C17H24N2O3.